The first-order valence-corrected chi connectivity index (χ1v) is 21.8. The molecule has 0 radical (unpaired) electrons. The highest BCUT2D eigenvalue weighted by Crippen LogP contribution is 2.70. The first kappa shape index (κ1) is 29.7. The van der Waals surface area contributed by atoms with Crippen molar-refractivity contribution in [3.8, 4) is 0 Å². The van der Waals surface area contributed by atoms with Gasteiger partial charge in [-0.05, 0) is 86.4 Å². The predicted molar refractivity (Wildman–Crippen MR) is 166 cm³/mol. The van der Waals surface area contributed by atoms with Crippen LogP contribution in [-0.2, 0) is 13.6 Å². The molecule has 1 spiro atoms. The normalized spacial score (nSPS) is 41.5. The van der Waals surface area contributed by atoms with Gasteiger partial charge in [0.1, 0.15) is 0 Å². The highest BCUT2D eigenvalue weighted by Gasteiger charge is 2.76. The van der Waals surface area contributed by atoms with Crippen molar-refractivity contribution in [1.29, 1.82) is 0 Å². The van der Waals surface area contributed by atoms with Gasteiger partial charge in [-0.1, -0.05) is 71.0 Å². The van der Waals surface area contributed by atoms with Crippen molar-refractivity contribution in [1.82, 2.24) is 0 Å². The van der Waals surface area contributed by atoms with E-state index < -0.39 is 27.8 Å². The Hall–Kier alpha value is -0.766. The molecule has 2 saturated heterocycles. The molecule has 0 amide bonds. The fraction of sp³-hybridized carbons (Fsp3) is 0.758. The Balaban J connectivity index is 1.68. The zero-order valence-corrected chi connectivity index (χ0v) is 28.3. The molecule has 6 heteroatoms. The number of hydrogen-bond acceptors (Lipinski definition) is 4. The summed E-state index contributed by atoms with van der Waals surface area (Å²) in [5.74, 6) is 1.14. The Morgan fingerprint density at radius 1 is 1.05 bits per heavy atom. The van der Waals surface area contributed by atoms with Crippen molar-refractivity contribution >= 4 is 22.7 Å². The third kappa shape index (κ3) is 4.89. The van der Waals surface area contributed by atoms with Gasteiger partial charge >= 0.3 is 0 Å². The van der Waals surface area contributed by atoms with Gasteiger partial charge in [-0.25, -0.2) is 0 Å². The van der Waals surface area contributed by atoms with E-state index in [4.69, 9.17) is 13.6 Å². The van der Waals surface area contributed by atoms with Crippen LogP contribution in [0.15, 0.2) is 35.9 Å². The third-order valence-corrected chi connectivity index (χ3v) is 16.6. The summed E-state index contributed by atoms with van der Waals surface area (Å²) in [4.78, 5) is 0. The van der Waals surface area contributed by atoms with E-state index in [-0.39, 0.29) is 28.6 Å². The van der Waals surface area contributed by atoms with Crippen molar-refractivity contribution in [3.63, 3.8) is 0 Å². The van der Waals surface area contributed by atoms with Crippen LogP contribution in [0, 0.1) is 23.7 Å². The first-order chi connectivity index (χ1) is 17.9. The van der Waals surface area contributed by atoms with Crippen molar-refractivity contribution in [2.24, 2.45) is 23.7 Å². The molecular formula is C33H54O4Si2. The standard InChI is InChI=1S/C33H54O4Si2/c1-23-18-29-32(37-38(6,7)8,27(23)19-25-14-12-11-13-15-25)21-31(22-35-39(9,10)30(3,4)5)20-26-16-17-28(34)24(2)33(26,29)36-31/h11-15,19,23-24,26,28-29,34H,16-18,20-22H2,1-10H3/b27-19+/t23-,24+,26+,28-,29+,31-,32-,33+/m0/s1. The highest BCUT2D eigenvalue weighted by molar-refractivity contribution is 6.74. The van der Waals surface area contributed by atoms with Gasteiger partial charge in [0.2, 0.25) is 0 Å². The lowest BCUT2D eigenvalue weighted by Crippen LogP contribution is -2.68. The lowest BCUT2D eigenvalue weighted by atomic mass is 9.59. The summed E-state index contributed by atoms with van der Waals surface area (Å²) in [6.07, 6.45) is 6.92. The largest absolute Gasteiger partial charge is 0.414 e. The molecule has 0 unspecified atom stereocenters. The molecule has 39 heavy (non-hydrogen) atoms. The summed E-state index contributed by atoms with van der Waals surface area (Å²) >= 11 is 0. The Morgan fingerprint density at radius 2 is 1.72 bits per heavy atom. The molecule has 2 aliphatic heterocycles. The van der Waals surface area contributed by atoms with Crippen LogP contribution >= 0.6 is 0 Å². The Labute approximate surface area is 240 Å². The zero-order valence-electron chi connectivity index (χ0n) is 26.3. The van der Waals surface area contributed by atoms with Gasteiger partial charge in [-0.3, -0.25) is 0 Å². The summed E-state index contributed by atoms with van der Waals surface area (Å²) in [7, 11) is -3.96. The van der Waals surface area contributed by atoms with Crippen LogP contribution in [0.5, 0.6) is 0 Å². The van der Waals surface area contributed by atoms with Crippen LogP contribution in [0.4, 0.5) is 0 Å². The summed E-state index contributed by atoms with van der Waals surface area (Å²) in [5, 5.41) is 11.5. The molecule has 1 N–H and O–H groups in total. The van der Waals surface area contributed by atoms with Crippen LogP contribution in [0.2, 0.25) is 37.8 Å². The molecule has 1 aromatic rings. The Kier molecular flexibility index (Phi) is 7.34. The summed E-state index contributed by atoms with van der Waals surface area (Å²) in [6, 6.07) is 10.8. The van der Waals surface area contributed by atoms with Gasteiger partial charge in [0.15, 0.2) is 16.6 Å². The molecule has 4 nitrogen and oxygen atoms in total. The van der Waals surface area contributed by atoms with Gasteiger partial charge in [0, 0.05) is 18.3 Å². The van der Waals surface area contributed by atoms with E-state index in [9.17, 15) is 5.11 Å². The lowest BCUT2D eigenvalue weighted by Gasteiger charge is -2.60. The molecule has 2 bridgehead atoms. The van der Waals surface area contributed by atoms with Crippen molar-refractivity contribution in [2.75, 3.05) is 6.61 Å². The number of hydrogen-bond donors (Lipinski definition) is 1. The van der Waals surface area contributed by atoms with E-state index in [1.54, 1.807) is 0 Å². The molecule has 0 aromatic heterocycles. The number of fused-ring (bicyclic) bond motifs is 2. The average molecular weight is 571 g/mol. The molecule has 2 heterocycles. The van der Waals surface area contributed by atoms with Crippen molar-refractivity contribution in [3.05, 3.63) is 41.5 Å². The lowest BCUT2D eigenvalue weighted by molar-refractivity contribution is -0.271. The molecule has 5 rings (SSSR count). The molecule has 2 aliphatic carbocycles. The van der Waals surface area contributed by atoms with Crippen LogP contribution in [0.3, 0.4) is 0 Å². The topological polar surface area (TPSA) is 47.9 Å². The Bertz CT molecular complexity index is 1090. The minimum atomic E-state index is -1.99. The Morgan fingerprint density at radius 3 is 2.33 bits per heavy atom. The summed E-state index contributed by atoms with van der Waals surface area (Å²) < 4.78 is 22.1. The minimum Gasteiger partial charge on any atom is -0.414 e. The van der Waals surface area contributed by atoms with Gasteiger partial charge in [-0.2, -0.15) is 0 Å². The maximum atomic E-state index is 11.3. The predicted octanol–water partition coefficient (Wildman–Crippen LogP) is 8.05. The maximum Gasteiger partial charge on any atom is 0.192 e. The second-order valence-electron chi connectivity index (χ2n) is 16.0. The second-order valence-corrected chi connectivity index (χ2v) is 25.2. The highest BCUT2D eigenvalue weighted by atomic mass is 28.4. The van der Waals surface area contributed by atoms with Crippen molar-refractivity contribution in [2.45, 2.75) is 127 Å². The van der Waals surface area contributed by atoms with Crippen molar-refractivity contribution < 1.29 is 18.7 Å². The summed E-state index contributed by atoms with van der Waals surface area (Å²) in [6.45, 7) is 24.0. The molecule has 4 aliphatic rings. The minimum absolute atomic E-state index is 0.0733. The molecule has 2 saturated carbocycles. The van der Waals surface area contributed by atoms with Gasteiger partial charge in [0.25, 0.3) is 0 Å². The number of benzene rings is 1. The SMILES string of the molecule is C[C@@H]1[C@@H](O)CC[C@@H]2C[C@@]3(CO[Si](C)(C)C(C)(C)C)C[C@]4(O[Si](C)(C)C)/C(=C/c5ccccc5)[C@@H](C)C[C@H]4[C@]21O3. The molecule has 4 fully saturated rings. The smallest absolute Gasteiger partial charge is 0.192 e. The quantitative estimate of drug-likeness (QED) is 0.352. The molecule has 218 valence electrons. The number of aliphatic hydroxyl groups excluding tert-OH is 1. The fourth-order valence-corrected chi connectivity index (χ4v) is 11.0. The maximum absolute atomic E-state index is 11.3. The van der Waals surface area contributed by atoms with Crippen LogP contribution in [0.1, 0.15) is 72.3 Å². The molecule has 1 aromatic carbocycles. The van der Waals surface area contributed by atoms with E-state index in [2.05, 4.69) is 104 Å². The monoisotopic (exact) mass is 570 g/mol. The number of rotatable bonds is 6. The third-order valence-electron chi connectivity index (χ3n) is 11.2. The van der Waals surface area contributed by atoms with E-state index >= 15 is 0 Å². The van der Waals surface area contributed by atoms with E-state index in [1.807, 2.05) is 0 Å². The van der Waals surface area contributed by atoms with E-state index in [1.165, 1.54) is 11.1 Å². The average Bonchev–Trinajstić information content (AvgIpc) is 3.26. The fourth-order valence-electron chi connectivity index (χ4n) is 8.52. The summed E-state index contributed by atoms with van der Waals surface area (Å²) in [5.41, 5.74) is 1.51. The van der Waals surface area contributed by atoms with Crippen LogP contribution in [-0.4, -0.2) is 51.3 Å². The van der Waals surface area contributed by atoms with E-state index in [0.29, 0.717) is 18.4 Å². The molecule has 8 atom stereocenters. The number of aliphatic hydroxyl groups is 1. The first-order valence-electron chi connectivity index (χ1n) is 15.4. The van der Waals surface area contributed by atoms with E-state index in [0.717, 1.165) is 32.1 Å². The van der Waals surface area contributed by atoms with Crippen LogP contribution < -0.4 is 0 Å². The number of ether oxygens (including phenoxy) is 1. The molecular weight excluding hydrogens is 517 g/mol. The van der Waals surface area contributed by atoms with Crippen LogP contribution in [0.25, 0.3) is 6.08 Å². The van der Waals surface area contributed by atoms with Gasteiger partial charge < -0.3 is 18.7 Å². The van der Waals surface area contributed by atoms with Gasteiger partial charge in [0.05, 0.1) is 29.5 Å². The van der Waals surface area contributed by atoms with Gasteiger partial charge in [-0.15, -0.1) is 0 Å². The zero-order chi connectivity index (χ0) is 28.6. The second kappa shape index (κ2) is 9.63.